The molecule has 1 fully saturated rings. The van der Waals surface area contributed by atoms with E-state index in [4.69, 9.17) is 4.74 Å². The first-order valence-electron chi connectivity index (χ1n) is 7.20. The van der Waals surface area contributed by atoms with E-state index in [2.05, 4.69) is 14.8 Å². The third kappa shape index (κ3) is 4.26. The topological polar surface area (TPSA) is 62.7 Å². The third-order valence-electron chi connectivity index (χ3n) is 3.51. The van der Waals surface area contributed by atoms with E-state index >= 15 is 0 Å². The highest BCUT2D eigenvalue weighted by molar-refractivity contribution is 5.93. The zero-order valence-electron chi connectivity index (χ0n) is 12.5. The van der Waals surface area contributed by atoms with Crippen LogP contribution in [0.5, 0.6) is 0 Å². The quantitative estimate of drug-likeness (QED) is 0.595. The second-order valence-electron chi connectivity index (χ2n) is 5.03. The molecule has 0 saturated carbocycles. The molecule has 0 spiro atoms. The van der Waals surface area contributed by atoms with Gasteiger partial charge in [-0.25, -0.2) is 4.98 Å². The molecular weight excluding hydrogens is 270 g/mol. The Hall–Kier alpha value is -1.95. The number of aromatic nitrogens is 1. The molecule has 1 aromatic rings. The fraction of sp³-hybridized carbons (Fsp3) is 0.533. The van der Waals surface area contributed by atoms with Gasteiger partial charge >= 0.3 is 5.97 Å². The number of hydrogen-bond donors (Lipinski definition) is 0. The van der Waals surface area contributed by atoms with E-state index in [0.29, 0.717) is 18.7 Å². The first-order valence-corrected chi connectivity index (χ1v) is 7.20. The van der Waals surface area contributed by atoms with Crippen LogP contribution in [0.4, 0.5) is 5.82 Å². The summed E-state index contributed by atoms with van der Waals surface area (Å²) >= 11 is 0. The lowest BCUT2D eigenvalue weighted by molar-refractivity contribution is -0.144. The van der Waals surface area contributed by atoms with Gasteiger partial charge in [0.15, 0.2) is 5.78 Å². The van der Waals surface area contributed by atoms with Crippen molar-refractivity contribution in [1.82, 2.24) is 9.88 Å². The number of ether oxygens (including phenoxy) is 1. The largest absolute Gasteiger partial charge is 0.465 e. The van der Waals surface area contributed by atoms with Crippen LogP contribution in [0, 0.1) is 0 Å². The molecule has 114 valence electrons. The standard InChI is InChI=1S/C15H21N3O3/c1-3-21-15(20)11-17-6-8-18(9-7-17)14-5-4-13(10-16-14)12(2)19/h4-5,10H,3,6-9,11H2,1-2H3. The Morgan fingerprint density at radius 3 is 2.48 bits per heavy atom. The number of hydrogen-bond acceptors (Lipinski definition) is 6. The molecule has 6 nitrogen and oxygen atoms in total. The van der Waals surface area contributed by atoms with Crippen LogP contribution in [0.25, 0.3) is 0 Å². The molecule has 2 rings (SSSR count). The molecular formula is C15H21N3O3. The van der Waals surface area contributed by atoms with Gasteiger partial charge < -0.3 is 9.64 Å². The number of anilines is 1. The van der Waals surface area contributed by atoms with Crippen molar-refractivity contribution in [2.45, 2.75) is 13.8 Å². The van der Waals surface area contributed by atoms with E-state index in [1.54, 1.807) is 12.3 Å². The van der Waals surface area contributed by atoms with Gasteiger partial charge in [0, 0.05) is 37.9 Å². The minimum absolute atomic E-state index is 0.0216. The zero-order valence-corrected chi connectivity index (χ0v) is 12.5. The maximum Gasteiger partial charge on any atom is 0.320 e. The van der Waals surface area contributed by atoms with Crippen LogP contribution < -0.4 is 4.90 Å². The predicted molar refractivity (Wildman–Crippen MR) is 79.5 cm³/mol. The van der Waals surface area contributed by atoms with Crippen LogP contribution in [0.1, 0.15) is 24.2 Å². The maximum atomic E-state index is 11.4. The summed E-state index contributed by atoms with van der Waals surface area (Å²) in [6, 6.07) is 3.67. The summed E-state index contributed by atoms with van der Waals surface area (Å²) in [7, 11) is 0. The predicted octanol–water partition coefficient (Wildman–Crippen LogP) is 0.969. The Kier molecular flexibility index (Phi) is 5.27. The Morgan fingerprint density at radius 1 is 1.24 bits per heavy atom. The third-order valence-corrected chi connectivity index (χ3v) is 3.51. The fourth-order valence-corrected chi connectivity index (χ4v) is 2.31. The lowest BCUT2D eigenvalue weighted by Gasteiger charge is -2.34. The zero-order chi connectivity index (χ0) is 15.2. The van der Waals surface area contributed by atoms with E-state index in [1.807, 2.05) is 13.0 Å². The molecule has 0 bridgehead atoms. The molecule has 6 heteroatoms. The number of piperazine rings is 1. The van der Waals surface area contributed by atoms with E-state index in [-0.39, 0.29) is 11.8 Å². The number of nitrogens with zero attached hydrogens (tertiary/aromatic N) is 3. The van der Waals surface area contributed by atoms with Crippen LogP contribution in [0.3, 0.4) is 0 Å². The molecule has 21 heavy (non-hydrogen) atoms. The van der Waals surface area contributed by atoms with Gasteiger partial charge in [-0.3, -0.25) is 14.5 Å². The van der Waals surface area contributed by atoms with Crippen LogP contribution in [0.15, 0.2) is 18.3 Å². The van der Waals surface area contributed by atoms with Gasteiger partial charge in [-0.1, -0.05) is 0 Å². The Labute approximate surface area is 124 Å². The van der Waals surface area contributed by atoms with Crippen LogP contribution in [-0.4, -0.2) is 61.0 Å². The second-order valence-corrected chi connectivity index (χ2v) is 5.03. The van der Waals surface area contributed by atoms with Crippen molar-refractivity contribution in [3.63, 3.8) is 0 Å². The summed E-state index contributed by atoms with van der Waals surface area (Å²) in [5.74, 6) is 0.721. The average Bonchev–Trinajstić information content (AvgIpc) is 2.48. The minimum atomic E-state index is -0.171. The number of rotatable bonds is 5. The highest BCUT2D eigenvalue weighted by Gasteiger charge is 2.20. The molecule has 0 aromatic carbocycles. The first kappa shape index (κ1) is 15.4. The van der Waals surface area contributed by atoms with Gasteiger partial charge in [0.1, 0.15) is 5.82 Å². The molecule has 1 saturated heterocycles. The van der Waals surface area contributed by atoms with Crippen LogP contribution in [-0.2, 0) is 9.53 Å². The fourth-order valence-electron chi connectivity index (χ4n) is 2.31. The molecule has 0 N–H and O–H groups in total. The van der Waals surface area contributed by atoms with Crippen molar-refractivity contribution in [2.24, 2.45) is 0 Å². The minimum Gasteiger partial charge on any atom is -0.465 e. The number of pyridine rings is 1. The average molecular weight is 291 g/mol. The lowest BCUT2D eigenvalue weighted by atomic mass is 10.2. The Bertz CT molecular complexity index is 493. The van der Waals surface area contributed by atoms with Crippen molar-refractivity contribution >= 4 is 17.6 Å². The van der Waals surface area contributed by atoms with Gasteiger partial charge in [-0.2, -0.15) is 0 Å². The highest BCUT2D eigenvalue weighted by Crippen LogP contribution is 2.14. The Morgan fingerprint density at radius 2 is 1.95 bits per heavy atom. The number of carbonyl (C=O) groups is 2. The molecule has 0 aliphatic carbocycles. The van der Waals surface area contributed by atoms with Crippen LogP contribution >= 0.6 is 0 Å². The molecule has 1 aliphatic rings. The van der Waals surface area contributed by atoms with E-state index < -0.39 is 0 Å². The lowest BCUT2D eigenvalue weighted by Crippen LogP contribution is -2.48. The molecule has 2 heterocycles. The number of ketones is 1. The first-order chi connectivity index (χ1) is 10.1. The molecule has 0 amide bonds. The number of carbonyl (C=O) groups excluding carboxylic acids is 2. The van der Waals surface area contributed by atoms with E-state index in [9.17, 15) is 9.59 Å². The summed E-state index contributed by atoms with van der Waals surface area (Å²) in [4.78, 5) is 31.2. The van der Waals surface area contributed by atoms with Gasteiger partial charge in [0.2, 0.25) is 0 Å². The van der Waals surface area contributed by atoms with Gasteiger partial charge in [0.25, 0.3) is 0 Å². The SMILES string of the molecule is CCOC(=O)CN1CCN(c2ccc(C(C)=O)cn2)CC1. The van der Waals surface area contributed by atoms with Crippen molar-refractivity contribution in [3.05, 3.63) is 23.9 Å². The molecule has 1 aliphatic heterocycles. The van der Waals surface area contributed by atoms with Crippen LogP contribution in [0.2, 0.25) is 0 Å². The Balaban J connectivity index is 1.86. The summed E-state index contributed by atoms with van der Waals surface area (Å²) in [5, 5.41) is 0. The van der Waals surface area contributed by atoms with Gasteiger partial charge in [-0.15, -0.1) is 0 Å². The number of esters is 1. The summed E-state index contributed by atoms with van der Waals surface area (Å²) in [6.07, 6.45) is 1.61. The van der Waals surface area contributed by atoms with Gasteiger partial charge in [-0.05, 0) is 26.0 Å². The summed E-state index contributed by atoms with van der Waals surface area (Å²) in [6.45, 7) is 7.34. The van der Waals surface area contributed by atoms with E-state index in [0.717, 1.165) is 32.0 Å². The monoisotopic (exact) mass is 291 g/mol. The normalized spacial score (nSPS) is 15.8. The van der Waals surface area contributed by atoms with Crippen molar-refractivity contribution in [3.8, 4) is 0 Å². The van der Waals surface area contributed by atoms with Crippen molar-refractivity contribution < 1.29 is 14.3 Å². The second kappa shape index (κ2) is 7.17. The molecule has 1 aromatic heterocycles. The molecule has 0 atom stereocenters. The van der Waals surface area contributed by atoms with Gasteiger partial charge in [0.05, 0.1) is 13.2 Å². The maximum absolute atomic E-state index is 11.4. The summed E-state index contributed by atoms with van der Waals surface area (Å²) < 4.78 is 4.95. The van der Waals surface area contributed by atoms with E-state index in [1.165, 1.54) is 6.92 Å². The molecule has 0 unspecified atom stereocenters. The number of Topliss-reactive ketones (excluding diaryl/α,β-unsaturated/α-hetero) is 1. The van der Waals surface area contributed by atoms with Crippen molar-refractivity contribution in [2.75, 3.05) is 44.2 Å². The van der Waals surface area contributed by atoms with Crippen molar-refractivity contribution in [1.29, 1.82) is 0 Å². The highest BCUT2D eigenvalue weighted by atomic mass is 16.5. The summed E-state index contributed by atoms with van der Waals surface area (Å²) in [5.41, 5.74) is 0.625. The smallest absolute Gasteiger partial charge is 0.320 e. The molecule has 0 radical (unpaired) electrons.